The number of alkyl halides is 4. The number of hydrogen-bond acceptors (Lipinski definition) is 11. The summed E-state index contributed by atoms with van der Waals surface area (Å²) in [6.07, 6.45) is 5.54. The van der Waals surface area contributed by atoms with Gasteiger partial charge in [0.2, 0.25) is 11.8 Å². The van der Waals surface area contributed by atoms with Crippen LogP contribution in [0.4, 0.5) is 34.8 Å². The first-order chi connectivity index (χ1) is 30.3. The quantitative estimate of drug-likeness (QED) is 0.152. The number of nitrogens with one attached hydrogen (secondary N) is 2. The molecular formula is C42H48F4N12O5. The first-order valence-corrected chi connectivity index (χ1v) is 21.5. The molecule has 4 unspecified atom stereocenters. The van der Waals surface area contributed by atoms with Crippen molar-refractivity contribution in [3.8, 4) is 0 Å². The second kappa shape index (κ2) is 15.8. The molecule has 1 saturated carbocycles. The van der Waals surface area contributed by atoms with Crippen molar-refractivity contribution >= 4 is 51.6 Å². The largest absolute Gasteiger partial charge is 0.377 e. The molecule has 21 heteroatoms. The summed E-state index contributed by atoms with van der Waals surface area (Å²) in [6, 6.07) is 5.20. The number of fused-ring (bicyclic) bond motifs is 4. The summed E-state index contributed by atoms with van der Waals surface area (Å²) in [5.41, 5.74) is 0.682. The van der Waals surface area contributed by atoms with E-state index in [1.54, 1.807) is 48.3 Å². The van der Waals surface area contributed by atoms with Gasteiger partial charge in [-0.25, -0.2) is 31.9 Å². The van der Waals surface area contributed by atoms with Crippen LogP contribution in [0.3, 0.4) is 0 Å². The van der Waals surface area contributed by atoms with Crippen LogP contribution in [0.1, 0.15) is 85.9 Å². The molecule has 8 heterocycles. The molecule has 4 saturated heterocycles. The number of halogens is 4. The fraction of sp³-hybridized carbons (Fsp3) is 0.548. The van der Waals surface area contributed by atoms with Crippen LogP contribution >= 0.6 is 0 Å². The van der Waals surface area contributed by atoms with Crippen molar-refractivity contribution in [2.24, 2.45) is 13.0 Å². The van der Waals surface area contributed by atoms with Crippen molar-refractivity contribution in [3.05, 3.63) is 64.6 Å². The number of benzene rings is 1. The van der Waals surface area contributed by atoms with Crippen molar-refractivity contribution < 1.29 is 36.7 Å². The van der Waals surface area contributed by atoms with E-state index in [-0.39, 0.29) is 54.6 Å². The maximum Gasteiger partial charge on any atom is 0.329 e. The maximum absolute atomic E-state index is 16.2. The van der Waals surface area contributed by atoms with Crippen molar-refractivity contribution in [2.45, 2.75) is 93.9 Å². The van der Waals surface area contributed by atoms with Gasteiger partial charge in [-0.2, -0.15) is 10.2 Å². The van der Waals surface area contributed by atoms with E-state index >= 15 is 8.78 Å². The van der Waals surface area contributed by atoms with Gasteiger partial charge in [0.25, 0.3) is 18.3 Å². The molecule has 4 aliphatic heterocycles. The third-order valence-electron chi connectivity index (χ3n) is 13.8. The number of aromatic nitrogens is 7. The molecule has 0 spiro atoms. The Balaban J connectivity index is 0.772. The Morgan fingerprint density at radius 3 is 2.54 bits per heavy atom. The predicted octanol–water partition coefficient (Wildman–Crippen LogP) is 4.30. The normalized spacial score (nSPS) is 26.2. The third kappa shape index (κ3) is 7.21. The Labute approximate surface area is 357 Å². The smallest absolute Gasteiger partial charge is 0.329 e. The fourth-order valence-electron chi connectivity index (χ4n) is 10.6. The highest BCUT2D eigenvalue weighted by Crippen LogP contribution is 2.40. The standard InChI is InChI=1S/C42H48F4N12O5/c1-52(32-12-14-54(22-42(32,45)46)29-4-3-5-30-36(29)53(2)41(62)58(30)31-10-11-34(59)50-40(31)61)18-23-6-8-24(9-7-23)56-19-28(35(51-56)37(43)44)48-39(60)27-17-47-55-15-13-33(49-38(27)55)57-25-16-26(57)21-63-20-25/h3-5,13,15,17,19,23-26,31-32,37H,6-12,14,16,18,20-22H2,1-2H3,(H,48,60)(H,50,59,61)/t23-,24-,25?,26?,31?,32?. The molecule has 2 N–H and O–H groups in total. The summed E-state index contributed by atoms with van der Waals surface area (Å²) in [6.45, 7) is 1.38. The molecule has 4 atom stereocenters. The number of imidazole rings is 1. The lowest BCUT2D eigenvalue weighted by atomic mass is 9.85. The van der Waals surface area contributed by atoms with Crippen LogP contribution < -0.4 is 26.1 Å². The van der Waals surface area contributed by atoms with Gasteiger partial charge in [0.1, 0.15) is 17.4 Å². The Morgan fingerprint density at radius 2 is 1.83 bits per heavy atom. The van der Waals surface area contributed by atoms with Gasteiger partial charge in [-0.3, -0.25) is 38.4 Å². The molecule has 2 bridgehead atoms. The van der Waals surface area contributed by atoms with Crippen LogP contribution in [0.25, 0.3) is 16.7 Å². The van der Waals surface area contributed by atoms with Crippen LogP contribution in [0.15, 0.2) is 47.7 Å². The van der Waals surface area contributed by atoms with Crippen molar-refractivity contribution in [3.63, 3.8) is 0 Å². The van der Waals surface area contributed by atoms with E-state index in [1.807, 2.05) is 6.07 Å². The number of rotatable bonds is 10. The number of morpholine rings is 1. The Hall–Kier alpha value is -5.83. The number of para-hydroxylation sites is 1. The highest BCUT2D eigenvalue weighted by atomic mass is 19.3. The van der Waals surface area contributed by atoms with Gasteiger partial charge in [0.15, 0.2) is 11.3 Å². The number of hydrogen-bond donors (Lipinski definition) is 2. The summed E-state index contributed by atoms with van der Waals surface area (Å²) >= 11 is 0. The number of piperidine rings is 2. The minimum absolute atomic E-state index is 0.0878. The van der Waals surface area contributed by atoms with E-state index in [4.69, 9.17) is 9.72 Å². The van der Waals surface area contributed by atoms with E-state index in [2.05, 4.69) is 25.7 Å². The number of aryl methyl sites for hydroxylation is 1. The fourth-order valence-corrected chi connectivity index (χ4v) is 10.6. The number of ether oxygens (including phenoxy) is 1. The molecule has 5 aliphatic rings. The first-order valence-electron chi connectivity index (χ1n) is 21.5. The van der Waals surface area contributed by atoms with E-state index < -0.39 is 60.1 Å². The van der Waals surface area contributed by atoms with Gasteiger partial charge >= 0.3 is 5.69 Å². The minimum atomic E-state index is -3.11. The molecule has 3 amide bonds. The van der Waals surface area contributed by atoms with Crippen LogP contribution in [0.5, 0.6) is 0 Å². The van der Waals surface area contributed by atoms with E-state index in [9.17, 15) is 28.0 Å². The number of imide groups is 1. The maximum atomic E-state index is 16.2. The second-order valence-corrected chi connectivity index (χ2v) is 17.7. The van der Waals surface area contributed by atoms with E-state index in [0.717, 1.165) is 6.42 Å². The zero-order valence-corrected chi connectivity index (χ0v) is 34.8. The average Bonchev–Trinajstić information content (AvgIpc) is 3.95. The first kappa shape index (κ1) is 41.2. The topological polar surface area (TPSA) is 169 Å². The molecular weight excluding hydrogens is 829 g/mol. The van der Waals surface area contributed by atoms with Gasteiger partial charge in [-0.1, -0.05) is 6.07 Å². The van der Waals surface area contributed by atoms with E-state index in [0.29, 0.717) is 80.2 Å². The van der Waals surface area contributed by atoms with Gasteiger partial charge in [0, 0.05) is 39.0 Å². The number of carbonyl (C=O) groups is 3. The molecule has 17 nitrogen and oxygen atoms in total. The second-order valence-electron chi connectivity index (χ2n) is 17.7. The summed E-state index contributed by atoms with van der Waals surface area (Å²) in [5, 5.41) is 13.4. The Kier molecular flexibility index (Phi) is 10.3. The summed E-state index contributed by atoms with van der Waals surface area (Å²) in [4.78, 5) is 61.7. The highest BCUT2D eigenvalue weighted by Gasteiger charge is 2.48. The van der Waals surface area contributed by atoms with Crippen molar-refractivity contribution in [1.82, 2.24) is 43.7 Å². The predicted molar refractivity (Wildman–Crippen MR) is 221 cm³/mol. The monoisotopic (exact) mass is 876 g/mol. The number of anilines is 3. The molecule has 0 radical (unpaired) electrons. The van der Waals surface area contributed by atoms with Crippen LogP contribution in [-0.4, -0.2) is 120 Å². The molecule has 10 rings (SSSR count). The summed E-state index contributed by atoms with van der Waals surface area (Å²) in [5.74, 6) is -3.92. The number of carbonyl (C=O) groups excluding carboxylic acids is 3. The SMILES string of the molecule is CN(C[C@H]1CC[C@H](n2cc(NC(=O)c3cnn4ccc(N5C6COCC5C6)nc34)c(C(F)F)n2)CC1)C1CCN(c2cccc3c2n(C)c(=O)n3C2CCC(=O)NC2=O)CC1(F)F. The van der Waals surface area contributed by atoms with E-state index in [1.165, 1.54) is 30.7 Å². The zero-order valence-electron chi connectivity index (χ0n) is 34.8. The lowest BCUT2D eigenvalue weighted by Gasteiger charge is -2.53. The minimum Gasteiger partial charge on any atom is -0.377 e. The average molecular weight is 877 g/mol. The molecule has 63 heavy (non-hydrogen) atoms. The van der Waals surface area contributed by atoms with Gasteiger partial charge in [-0.15, -0.1) is 0 Å². The zero-order chi connectivity index (χ0) is 43.9. The van der Waals surface area contributed by atoms with Crippen molar-refractivity contribution in [2.75, 3.05) is 55.0 Å². The molecule has 5 aromatic rings. The number of nitrogens with zero attached hydrogens (tertiary/aromatic N) is 10. The Morgan fingerprint density at radius 1 is 1.05 bits per heavy atom. The van der Waals surface area contributed by atoms with Gasteiger partial charge in [0.05, 0.1) is 72.5 Å². The molecule has 5 fully saturated rings. The molecule has 334 valence electrons. The lowest BCUT2D eigenvalue weighted by molar-refractivity contribution is -0.135. The van der Waals surface area contributed by atoms with Gasteiger partial charge in [-0.05, 0) is 76.1 Å². The molecule has 4 aromatic heterocycles. The summed E-state index contributed by atoms with van der Waals surface area (Å²) < 4.78 is 72.3. The van der Waals surface area contributed by atoms with Crippen LogP contribution in [0.2, 0.25) is 0 Å². The van der Waals surface area contributed by atoms with Gasteiger partial charge < -0.3 is 19.9 Å². The molecule has 1 aromatic carbocycles. The van der Waals surface area contributed by atoms with Crippen LogP contribution in [-0.2, 0) is 21.4 Å². The van der Waals surface area contributed by atoms with Crippen molar-refractivity contribution in [1.29, 1.82) is 0 Å². The lowest BCUT2D eigenvalue weighted by Crippen LogP contribution is -2.64. The number of amides is 3. The summed E-state index contributed by atoms with van der Waals surface area (Å²) in [7, 11) is 3.27. The highest BCUT2D eigenvalue weighted by molar-refractivity contribution is 6.08. The Bertz CT molecular complexity index is 2650. The van der Waals surface area contributed by atoms with Crippen LogP contribution in [0, 0.1) is 5.92 Å². The third-order valence-corrected chi connectivity index (χ3v) is 13.8. The molecule has 1 aliphatic carbocycles.